The molecule has 4 heterocycles. The Morgan fingerprint density at radius 3 is 2.76 bits per heavy atom. The average molecular weight is 438 g/mol. The fourth-order valence-corrected chi connectivity index (χ4v) is 3.67. The Morgan fingerprint density at radius 1 is 1.09 bits per heavy atom. The van der Waals surface area contributed by atoms with E-state index in [9.17, 15) is 4.79 Å². The number of imidazole rings is 1. The number of amides is 1. The average Bonchev–Trinajstić information content (AvgIpc) is 3.45. The summed E-state index contributed by atoms with van der Waals surface area (Å²) in [4.78, 5) is 30.7. The van der Waals surface area contributed by atoms with Crippen LogP contribution in [0, 0.1) is 6.92 Å². The van der Waals surface area contributed by atoms with E-state index in [1.165, 1.54) is 13.3 Å². The third kappa shape index (κ3) is 4.03. The molecular formula is C24H22N8O. The van der Waals surface area contributed by atoms with Crippen molar-refractivity contribution in [3.63, 3.8) is 0 Å². The van der Waals surface area contributed by atoms with Gasteiger partial charge in [-0.15, -0.1) is 0 Å². The maximum absolute atomic E-state index is 11.5. The minimum Gasteiger partial charge on any atom is -0.326 e. The van der Waals surface area contributed by atoms with Gasteiger partial charge < -0.3 is 15.2 Å². The number of carbonyl (C=O) groups is 1. The van der Waals surface area contributed by atoms with Gasteiger partial charge in [0.15, 0.2) is 5.65 Å². The zero-order chi connectivity index (χ0) is 22.9. The number of benzene rings is 1. The SMILES string of the molecule is CC(=O)Nc1cccc(N(C)c2nc(-c3ccc4ncnn4c3)c(-c3cccc(C)n3)[nH]2)c1. The highest BCUT2D eigenvalue weighted by Gasteiger charge is 2.19. The van der Waals surface area contributed by atoms with Crippen LogP contribution in [-0.4, -0.2) is 42.5 Å². The molecule has 0 aliphatic carbocycles. The van der Waals surface area contributed by atoms with E-state index in [1.54, 1.807) is 4.52 Å². The molecule has 2 N–H and O–H groups in total. The molecule has 0 spiro atoms. The van der Waals surface area contributed by atoms with Crippen LogP contribution in [0.15, 0.2) is 67.1 Å². The summed E-state index contributed by atoms with van der Waals surface area (Å²) in [6.07, 6.45) is 3.42. The smallest absolute Gasteiger partial charge is 0.221 e. The maximum atomic E-state index is 11.5. The molecule has 0 saturated heterocycles. The highest BCUT2D eigenvalue weighted by molar-refractivity contribution is 5.89. The molecule has 0 radical (unpaired) electrons. The summed E-state index contributed by atoms with van der Waals surface area (Å²) in [6, 6.07) is 17.4. The normalized spacial score (nSPS) is 11.0. The number of aromatic amines is 1. The molecule has 5 aromatic rings. The van der Waals surface area contributed by atoms with Crippen molar-refractivity contribution in [1.82, 2.24) is 29.5 Å². The number of fused-ring (bicyclic) bond motifs is 1. The van der Waals surface area contributed by atoms with Gasteiger partial charge in [-0.05, 0) is 49.4 Å². The lowest BCUT2D eigenvalue weighted by Gasteiger charge is -2.17. The molecule has 0 saturated carbocycles. The zero-order valence-electron chi connectivity index (χ0n) is 18.4. The first-order chi connectivity index (χ1) is 16.0. The van der Waals surface area contributed by atoms with Crippen LogP contribution in [0.1, 0.15) is 12.6 Å². The lowest BCUT2D eigenvalue weighted by molar-refractivity contribution is -0.114. The molecule has 0 fully saturated rings. The first-order valence-electron chi connectivity index (χ1n) is 10.4. The van der Waals surface area contributed by atoms with Crippen molar-refractivity contribution in [3.05, 3.63) is 72.8 Å². The van der Waals surface area contributed by atoms with Gasteiger partial charge >= 0.3 is 0 Å². The molecule has 0 aliphatic heterocycles. The molecule has 0 bridgehead atoms. The summed E-state index contributed by atoms with van der Waals surface area (Å²) < 4.78 is 1.72. The van der Waals surface area contributed by atoms with Crippen LogP contribution in [0.4, 0.5) is 17.3 Å². The molecule has 33 heavy (non-hydrogen) atoms. The largest absolute Gasteiger partial charge is 0.326 e. The van der Waals surface area contributed by atoms with Crippen LogP contribution < -0.4 is 10.2 Å². The van der Waals surface area contributed by atoms with Gasteiger partial charge in [-0.25, -0.2) is 14.5 Å². The molecule has 5 rings (SSSR count). The van der Waals surface area contributed by atoms with E-state index in [0.717, 1.165) is 45.4 Å². The molecular weight excluding hydrogens is 416 g/mol. The van der Waals surface area contributed by atoms with Gasteiger partial charge in [0, 0.05) is 42.8 Å². The van der Waals surface area contributed by atoms with Crippen molar-refractivity contribution in [2.75, 3.05) is 17.3 Å². The van der Waals surface area contributed by atoms with Crippen LogP contribution in [0.3, 0.4) is 0 Å². The number of H-pyrrole nitrogens is 1. The summed E-state index contributed by atoms with van der Waals surface area (Å²) in [6.45, 7) is 3.45. The number of anilines is 3. The first-order valence-corrected chi connectivity index (χ1v) is 10.4. The third-order valence-corrected chi connectivity index (χ3v) is 5.25. The molecule has 9 heteroatoms. The van der Waals surface area contributed by atoms with Gasteiger partial charge in [-0.2, -0.15) is 5.10 Å². The Hall–Kier alpha value is -4.53. The van der Waals surface area contributed by atoms with E-state index >= 15 is 0 Å². The Kier molecular flexibility index (Phi) is 5.06. The fraction of sp³-hybridized carbons (Fsp3) is 0.125. The summed E-state index contributed by atoms with van der Waals surface area (Å²) in [5.74, 6) is 0.522. The number of carbonyl (C=O) groups excluding carboxylic acids is 1. The predicted molar refractivity (Wildman–Crippen MR) is 127 cm³/mol. The van der Waals surface area contributed by atoms with E-state index in [4.69, 9.17) is 9.97 Å². The van der Waals surface area contributed by atoms with Crippen molar-refractivity contribution in [2.45, 2.75) is 13.8 Å². The number of rotatable bonds is 5. The number of nitrogens with zero attached hydrogens (tertiary/aromatic N) is 6. The molecule has 4 aromatic heterocycles. The quantitative estimate of drug-likeness (QED) is 0.426. The van der Waals surface area contributed by atoms with Gasteiger partial charge in [0.1, 0.15) is 12.0 Å². The van der Waals surface area contributed by atoms with Gasteiger partial charge in [-0.1, -0.05) is 12.1 Å². The van der Waals surface area contributed by atoms with Crippen molar-refractivity contribution in [1.29, 1.82) is 0 Å². The zero-order valence-corrected chi connectivity index (χ0v) is 18.4. The van der Waals surface area contributed by atoms with Crippen molar-refractivity contribution < 1.29 is 4.79 Å². The Morgan fingerprint density at radius 2 is 1.94 bits per heavy atom. The van der Waals surface area contributed by atoms with Crippen LogP contribution in [0.2, 0.25) is 0 Å². The molecule has 9 nitrogen and oxygen atoms in total. The van der Waals surface area contributed by atoms with E-state index in [2.05, 4.69) is 20.4 Å². The molecule has 1 aromatic carbocycles. The van der Waals surface area contributed by atoms with Crippen molar-refractivity contribution in [3.8, 4) is 22.6 Å². The molecule has 0 unspecified atom stereocenters. The summed E-state index contributed by atoms with van der Waals surface area (Å²) >= 11 is 0. The van der Waals surface area contributed by atoms with E-state index in [1.807, 2.05) is 79.7 Å². The number of nitrogens with one attached hydrogen (secondary N) is 2. The molecule has 1 amide bonds. The summed E-state index contributed by atoms with van der Waals surface area (Å²) in [7, 11) is 1.92. The second-order valence-electron chi connectivity index (χ2n) is 7.72. The van der Waals surface area contributed by atoms with E-state index in [-0.39, 0.29) is 5.91 Å². The minimum atomic E-state index is -0.119. The fourth-order valence-electron chi connectivity index (χ4n) is 3.67. The maximum Gasteiger partial charge on any atom is 0.221 e. The van der Waals surface area contributed by atoms with E-state index < -0.39 is 0 Å². The second-order valence-corrected chi connectivity index (χ2v) is 7.72. The second kappa shape index (κ2) is 8.19. The Bertz CT molecular complexity index is 1470. The molecule has 164 valence electrons. The highest BCUT2D eigenvalue weighted by Crippen LogP contribution is 2.34. The van der Waals surface area contributed by atoms with Crippen LogP contribution in [0.5, 0.6) is 0 Å². The number of hydrogen-bond acceptors (Lipinski definition) is 6. The monoisotopic (exact) mass is 438 g/mol. The summed E-state index contributed by atoms with van der Waals surface area (Å²) in [5.41, 5.74) is 6.50. The Labute approximate surface area is 190 Å². The third-order valence-electron chi connectivity index (χ3n) is 5.25. The highest BCUT2D eigenvalue weighted by atomic mass is 16.1. The minimum absolute atomic E-state index is 0.119. The van der Waals surface area contributed by atoms with Crippen LogP contribution in [-0.2, 0) is 4.79 Å². The lowest BCUT2D eigenvalue weighted by atomic mass is 10.1. The Balaban J connectivity index is 1.62. The van der Waals surface area contributed by atoms with Crippen molar-refractivity contribution >= 4 is 28.9 Å². The lowest BCUT2D eigenvalue weighted by Crippen LogP contribution is -2.12. The summed E-state index contributed by atoms with van der Waals surface area (Å²) in [5, 5.41) is 7.07. The topological polar surface area (TPSA) is 104 Å². The predicted octanol–water partition coefficient (Wildman–Crippen LogP) is 4.22. The van der Waals surface area contributed by atoms with E-state index in [0.29, 0.717) is 5.95 Å². The van der Waals surface area contributed by atoms with Gasteiger partial charge in [0.2, 0.25) is 11.9 Å². The van der Waals surface area contributed by atoms with Gasteiger partial charge in [0.25, 0.3) is 0 Å². The van der Waals surface area contributed by atoms with Crippen molar-refractivity contribution in [2.24, 2.45) is 0 Å². The number of hydrogen-bond donors (Lipinski definition) is 2. The molecule has 0 aliphatic rings. The standard InChI is InChI=1S/C24H22N8O/c1-15-6-4-9-20(27-15)23-22(17-10-11-21-25-14-26-32(21)13-17)29-24(30-23)31(3)19-8-5-7-18(12-19)28-16(2)33/h4-14H,1-3H3,(H,28,33)(H,29,30). The number of aryl methyl sites for hydroxylation is 1. The number of pyridine rings is 2. The molecule has 0 atom stereocenters. The number of aromatic nitrogens is 6. The van der Waals surface area contributed by atoms with Crippen LogP contribution >= 0.6 is 0 Å². The van der Waals surface area contributed by atoms with Gasteiger partial charge in [-0.3, -0.25) is 9.78 Å². The first kappa shape index (κ1) is 20.4. The van der Waals surface area contributed by atoms with Crippen LogP contribution in [0.25, 0.3) is 28.3 Å². The van der Waals surface area contributed by atoms with Gasteiger partial charge in [0.05, 0.1) is 11.4 Å².